The van der Waals surface area contributed by atoms with Crippen LogP contribution < -0.4 is 10.1 Å². The number of nitrogens with zero attached hydrogens (tertiary/aromatic N) is 1. The van der Waals surface area contributed by atoms with Crippen molar-refractivity contribution in [1.29, 1.82) is 0 Å². The van der Waals surface area contributed by atoms with Gasteiger partial charge >= 0.3 is 0 Å². The first-order chi connectivity index (χ1) is 14.4. The molecule has 0 radical (unpaired) electrons. The van der Waals surface area contributed by atoms with Crippen molar-refractivity contribution in [3.63, 3.8) is 0 Å². The average molecular weight is 431 g/mol. The van der Waals surface area contributed by atoms with Crippen LogP contribution in [0.4, 0.5) is 0 Å². The number of hydrogen-bond acceptors (Lipinski definition) is 5. The van der Waals surface area contributed by atoms with E-state index < -0.39 is 10.0 Å². The third-order valence-electron chi connectivity index (χ3n) is 5.14. The van der Waals surface area contributed by atoms with Crippen LogP contribution in [0.1, 0.15) is 34.3 Å². The predicted octanol–water partition coefficient (Wildman–Crippen LogP) is 2.16. The van der Waals surface area contributed by atoms with Crippen molar-refractivity contribution in [2.24, 2.45) is 0 Å². The lowest BCUT2D eigenvalue weighted by molar-refractivity contribution is -0.120. The van der Waals surface area contributed by atoms with Crippen LogP contribution in [0.2, 0.25) is 0 Å². The molecule has 7 nitrogen and oxygen atoms in total. The maximum Gasteiger partial charge on any atom is 0.220 e. The topological polar surface area (TPSA) is 92.8 Å². The van der Waals surface area contributed by atoms with E-state index in [-0.39, 0.29) is 36.8 Å². The molecule has 0 aromatic heterocycles. The molecule has 160 valence electrons. The summed E-state index contributed by atoms with van der Waals surface area (Å²) in [6.45, 7) is 0.746. The summed E-state index contributed by atoms with van der Waals surface area (Å²) in [5.41, 5.74) is 2.63. The van der Waals surface area contributed by atoms with Crippen molar-refractivity contribution >= 4 is 21.7 Å². The molecule has 0 bridgehead atoms. The third kappa shape index (κ3) is 5.67. The first kappa shape index (κ1) is 22.0. The summed E-state index contributed by atoms with van der Waals surface area (Å²) in [7, 11) is -1.89. The summed E-state index contributed by atoms with van der Waals surface area (Å²) in [5.74, 6) is 0.155. The highest BCUT2D eigenvalue weighted by Gasteiger charge is 2.26. The fourth-order valence-corrected chi connectivity index (χ4v) is 4.72. The minimum Gasteiger partial charge on any atom is -0.497 e. The van der Waals surface area contributed by atoms with Crippen molar-refractivity contribution in [2.45, 2.75) is 25.8 Å². The van der Waals surface area contributed by atoms with E-state index in [1.807, 2.05) is 24.3 Å². The van der Waals surface area contributed by atoms with Gasteiger partial charge in [0.25, 0.3) is 0 Å². The number of rotatable bonds is 9. The van der Waals surface area contributed by atoms with E-state index in [2.05, 4.69) is 5.32 Å². The van der Waals surface area contributed by atoms with Crippen LogP contribution in [0.15, 0.2) is 48.5 Å². The highest BCUT2D eigenvalue weighted by molar-refractivity contribution is 7.89. The van der Waals surface area contributed by atoms with Gasteiger partial charge in [-0.05, 0) is 29.7 Å². The lowest BCUT2D eigenvalue weighted by Gasteiger charge is -2.28. The second-order valence-corrected chi connectivity index (χ2v) is 9.26. The normalized spacial score (nSPS) is 14.0. The number of carbonyl (C=O) groups excluding carboxylic acids is 2. The number of hydrogen-bond donors (Lipinski definition) is 1. The highest BCUT2D eigenvalue weighted by atomic mass is 32.2. The molecule has 0 atom stereocenters. The van der Waals surface area contributed by atoms with Gasteiger partial charge in [0.1, 0.15) is 5.75 Å². The van der Waals surface area contributed by atoms with Crippen LogP contribution in [-0.4, -0.2) is 50.4 Å². The molecule has 0 fully saturated rings. The zero-order chi connectivity index (χ0) is 21.6. The highest BCUT2D eigenvalue weighted by Crippen LogP contribution is 2.25. The Balaban J connectivity index is 1.44. The van der Waals surface area contributed by atoms with Gasteiger partial charge in [0.15, 0.2) is 5.78 Å². The molecule has 0 saturated carbocycles. The average Bonchev–Trinajstić information content (AvgIpc) is 2.77. The van der Waals surface area contributed by atoms with Crippen LogP contribution in [-0.2, 0) is 27.8 Å². The Morgan fingerprint density at radius 1 is 1.07 bits per heavy atom. The molecule has 1 aliphatic heterocycles. The Hall–Kier alpha value is -2.71. The lowest BCUT2D eigenvalue weighted by atomic mass is 10.0. The number of amides is 1. The van der Waals surface area contributed by atoms with Crippen molar-refractivity contribution in [1.82, 2.24) is 9.62 Å². The van der Waals surface area contributed by atoms with Crippen LogP contribution in [0, 0.1) is 0 Å². The van der Waals surface area contributed by atoms with E-state index in [4.69, 9.17) is 4.74 Å². The van der Waals surface area contributed by atoms with Gasteiger partial charge in [-0.2, -0.15) is 4.31 Å². The largest absolute Gasteiger partial charge is 0.497 e. The van der Waals surface area contributed by atoms with E-state index in [1.165, 1.54) is 4.31 Å². The number of carbonyl (C=O) groups is 2. The number of nitrogens with one attached hydrogen (secondary N) is 1. The number of ketones is 1. The Kier molecular flexibility index (Phi) is 7.23. The number of Topliss-reactive ketones (excluding diaryl/α,β-unsaturated/α-hetero) is 1. The second kappa shape index (κ2) is 9.86. The molecule has 0 unspecified atom stereocenters. The lowest BCUT2D eigenvalue weighted by Crippen LogP contribution is -2.40. The molecular formula is C22H26N2O5S. The van der Waals surface area contributed by atoms with Crippen LogP contribution in [0.3, 0.4) is 0 Å². The quantitative estimate of drug-likeness (QED) is 0.616. The van der Waals surface area contributed by atoms with E-state index in [0.29, 0.717) is 25.1 Å². The summed E-state index contributed by atoms with van der Waals surface area (Å²) in [5, 5.41) is 2.61. The van der Waals surface area contributed by atoms with Gasteiger partial charge in [-0.25, -0.2) is 8.42 Å². The number of benzene rings is 2. The molecular weight excluding hydrogens is 404 g/mol. The first-order valence-electron chi connectivity index (χ1n) is 9.87. The van der Waals surface area contributed by atoms with Crippen LogP contribution >= 0.6 is 0 Å². The predicted molar refractivity (Wildman–Crippen MR) is 114 cm³/mol. The molecule has 2 aromatic rings. The second-order valence-electron chi connectivity index (χ2n) is 7.17. The van der Waals surface area contributed by atoms with E-state index in [0.717, 1.165) is 16.9 Å². The minimum absolute atomic E-state index is 0.0205. The third-order valence-corrected chi connectivity index (χ3v) is 6.96. The van der Waals surface area contributed by atoms with Gasteiger partial charge in [0.2, 0.25) is 15.9 Å². The molecule has 1 heterocycles. The first-order valence-corrected chi connectivity index (χ1v) is 11.5. The number of ether oxygens (including phenoxy) is 1. The molecule has 1 aliphatic rings. The minimum atomic E-state index is -3.49. The van der Waals surface area contributed by atoms with E-state index >= 15 is 0 Å². The molecule has 0 aliphatic carbocycles. The Morgan fingerprint density at radius 2 is 1.83 bits per heavy atom. The van der Waals surface area contributed by atoms with Crippen LogP contribution in [0.25, 0.3) is 0 Å². The summed E-state index contributed by atoms with van der Waals surface area (Å²) in [6.07, 6.45) is 0.751. The number of sulfonamides is 1. The van der Waals surface area contributed by atoms with Gasteiger partial charge in [0.05, 0.1) is 12.9 Å². The van der Waals surface area contributed by atoms with E-state index in [9.17, 15) is 18.0 Å². The molecule has 0 saturated heterocycles. The van der Waals surface area contributed by atoms with Crippen molar-refractivity contribution in [3.8, 4) is 5.75 Å². The van der Waals surface area contributed by atoms with Gasteiger partial charge in [-0.3, -0.25) is 9.59 Å². The van der Waals surface area contributed by atoms with Crippen molar-refractivity contribution < 1.29 is 22.7 Å². The summed E-state index contributed by atoms with van der Waals surface area (Å²) in [6, 6.07) is 14.4. The summed E-state index contributed by atoms with van der Waals surface area (Å²) >= 11 is 0. The monoisotopic (exact) mass is 430 g/mol. The SMILES string of the molecule is COc1ccc2c(c1)CCN(S(=O)(=O)CCNC(=O)CCC(=O)c1ccccc1)C2. The molecule has 2 aromatic carbocycles. The van der Waals surface area contributed by atoms with E-state index in [1.54, 1.807) is 31.4 Å². The molecule has 8 heteroatoms. The Bertz CT molecular complexity index is 1010. The molecule has 0 spiro atoms. The maximum atomic E-state index is 12.6. The summed E-state index contributed by atoms with van der Waals surface area (Å²) in [4.78, 5) is 24.0. The van der Waals surface area contributed by atoms with Gasteiger partial charge in [-0.1, -0.05) is 36.4 Å². The summed E-state index contributed by atoms with van der Waals surface area (Å²) < 4.78 is 32.0. The Morgan fingerprint density at radius 3 is 2.57 bits per heavy atom. The fraction of sp³-hybridized carbons (Fsp3) is 0.364. The fourth-order valence-electron chi connectivity index (χ4n) is 3.40. The molecule has 1 amide bonds. The number of methoxy groups -OCH3 is 1. The maximum absolute atomic E-state index is 12.6. The Labute approximate surface area is 177 Å². The van der Waals surface area contributed by atoms with Crippen molar-refractivity contribution in [3.05, 3.63) is 65.2 Å². The van der Waals surface area contributed by atoms with Crippen LogP contribution in [0.5, 0.6) is 5.75 Å². The van der Waals surface area contributed by atoms with Gasteiger partial charge < -0.3 is 10.1 Å². The molecule has 3 rings (SSSR count). The molecule has 1 N–H and O–H groups in total. The van der Waals surface area contributed by atoms with Gasteiger partial charge in [0, 0.05) is 38.0 Å². The van der Waals surface area contributed by atoms with Gasteiger partial charge in [-0.15, -0.1) is 0 Å². The number of fused-ring (bicyclic) bond motifs is 1. The van der Waals surface area contributed by atoms with Crippen molar-refractivity contribution in [2.75, 3.05) is 26.0 Å². The standard InChI is InChI=1S/C22H26N2O5S/c1-29-20-8-7-19-16-24(13-11-18(19)15-20)30(27,28)14-12-23-22(26)10-9-21(25)17-5-3-2-4-6-17/h2-8,15H,9-14,16H2,1H3,(H,23,26). The zero-order valence-electron chi connectivity index (χ0n) is 17.0. The zero-order valence-corrected chi connectivity index (χ0v) is 17.8. The molecule has 30 heavy (non-hydrogen) atoms. The smallest absolute Gasteiger partial charge is 0.220 e.